The number of carbonyl (C=O) groups excluding carboxylic acids is 1. The number of para-hydroxylation sites is 1. The maximum atomic E-state index is 13.7. The van der Waals surface area contributed by atoms with E-state index in [1.807, 2.05) is 58.0 Å². The van der Waals surface area contributed by atoms with Crippen LogP contribution in [0.1, 0.15) is 36.8 Å². The highest BCUT2D eigenvalue weighted by Crippen LogP contribution is 2.25. The summed E-state index contributed by atoms with van der Waals surface area (Å²) in [5.41, 5.74) is 3.46. The number of hydrogen-bond donors (Lipinski definition) is 1. The predicted molar refractivity (Wildman–Crippen MR) is 133 cm³/mol. The monoisotopic (exact) mass is 458 g/mol. The van der Waals surface area contributed by atoms with Crippen LogP contribution >= 0.6 is 0 Å². The summed E-state index contributed by atoms with van der Waals surface area (Å²) in [5, 5.41) is 3.25. The second-order valence-electron chi connectivity index (χ2n) is 8.32. The highest BCUT2D eigenvalue weighted by atomic mass is 19.1. The van der Waals surface area contributed by atoms with E-state index in [1.165, 1.54) is 18.2 Å². The molecule has 7 heteroatoms. The van der Waals surface area contributed by atoms with Crippen molar-refractivity contribution in [1.82, 2.24) is 14.5 Å². The minimum atomic E-state index is -0.545. The number of hydrogen-bond acceptors (Lipinski definition) is 3. The Morgan fingerprint density at radius 1 is 1.09 bits per heavy atom. The molecule has 4 rings (SSSR count). The SMILES string of the molecule is CCN(C(=O)Nc1cccc(F)c1)C(C)c1nc2ccccc2c(=O)n1-c1ccc(C)cc1C. The largest absolute Gasteiger partial charge is 0.322 e. The van der Waals surface area contributed by atoms with Gasteiger partial charge in [-0.15, -0.1) is 0 Å². The number of anilines is 1. The Morgan fingerprint density at radius 3 is 2.56 bits per heavy atom. The summed E-state index contributed by atoms with van der Waals surface area (Å²) in [5.74, 6) is 0.0145. The number of carbonyl (C=O) groups is 1. The zero-order chi connectivity index (χ0) is 24.4. The van der Waals surface area contributed by atoms with Gasteiger partial charge in [-0.05, 0) is 69.7 Å². The van der Waals surface area contributed by atoms with Crippen molar-refractivity contribution in [2.45, 2.75) is 33.7 Å². The van der Waals surface area contributed by atoms with Crippen LogP contribution < -0.4 is 10.9 Å². The topological polar surface area (TPSA) is 67.2 Å². The maximum Gasteiger partial charge on any atom is 0.322 e. The molecule has 2 amide bonds. The van der Waals surface area contributed by atoms with Gasteiger partial charge in [0.25, 0.3) is 5.56 Å². The number of aromatic nitrogens is 2. The van der Waals surface area contributed by atoms with E-state index in [0.717, 1.165) is 16.8 Å². The normalized spacial score (nSPS) is 11.9. The van der Waals surface area contributed by atoms with Gasteiger partial charge >= 0.3 is 6.03 Å². The zero-order valence-electron chi connectivity index (χ0n) is 19.7. The average Bonchev–Trinajstić information content (AvgIpc) is 2.80. The molecule has 0 aliphatic carbocycles. The molecule has 0 saturated heterocycles. The third-order valence-electron chi connectivity index (χ3n) is 5.91. The Balaban J connectivity index is 1.84. The number of urea groups is 1. The molecule has 0 spiro atoms. The number of nitrogens with zero attached hydrogens (tertiary/aromatic N) is 3. The third kappa shape index (κ3) is 4.41. The number of halogens is 1. The molecule has 0 aliphatic heterocycles. The van der Waals surface area contributed by atoms with Gasteiger partial charge in [0.1, 0.15) is 11.6 Å². The molecular formula is C27H27FN4O2. The van der Waals surface area contributed by atoms with Crippen LogP contribution in [0.5, 0.6) is 0 Å². The number of nitrogens with one attached hydrogen (secondary N) is 1. The minimum Gasteiger partial charge on any atom is -0.315 e. The van der Waals surface area contributed by atoms with Gasteiger partial charge in [-0.3, -0.25) is 9.36 Å². The lowest BCUT2D eigenvalue weighted by atomic mass is 10.1. The van der Waals surface area contributed by atoms with E-state index < -0.39 is 17.9 Å². The summed E-state index contributed by atoms with van der Waals surface area (Å²) in [6.07, 6.45) is 0. The summed E-state index contributed by atoms with van der Waals surface area (Å²) in [7, 11) is 0. The zero-order valence-corrected chi connectivity index (χ0v) is 19.7. The fourth-order valence-corrected chi connectivity index (χ4v) is 4.21. The first-order valence-corrected chi connectivity index (χ1v) is 11.2. The van der Waals surface area contributed by atoms with E-state index in [9.17, 15) is 14.0 Å². The Morgan fingerprint density at radius 2 is 1.85 bits per heavy atom. The van der Waals surface area contributed by atoms with Crippen molar-refractivity contribution in [2.24, 2.45) is 0 Å². The molecule has 0 bridgehead atoms. The van der Waals surface area contributed by atoms with Crippen LogP contribution in [0.4, 0.5) is 14.9 Å². The number of aryl methyl sites for hydroxylation is 2. The second kappa shape index (κ2) is 9.47. The molecular weight excluding hydrogens is 431 g/mol. The fraction of sp³-hybridized carbons (Fsp3) is 0.222. The summed E-state index contributed by atoms with van der Waals surface area (Å²) in [6.45, 7) is 8.00. The lowest BCUT2D eigenvalue weighted by molar-refractivity contribution is 0.193. The van der Waals surface area contributed by atoms with Gasteiger partial charge in [0.05, 0.1) is 22.6 Å². The van der Waals surface area contributed by atoms with E-state index in [1.54, 1.807) is 27.7 Å². The Labute approximate surface area is 197 Å². The number of rotatable bonds is 5. The fourth-order valence-electron chi connectivity index (χ4n) is 4.21. The van der Waals surface area contributed by atoms with E-state index in [0.29, 0.717) is 29.0 Å². The Bertz CT molecular complexity index is 1430. The standard InChI is InChI=1S/C27H27FN4O2/c1-5-31(27(34)29-21-10-8-9-20(28)16-21)19(4)25-30-23-12-7-6-11-22(23)26(33)32(25)24-14-13-17(2)15-18(24)3/h6-16,19H,5H2,1-4H3,(H,29,34). The van der Waals surface area contributed by atoms with Crippen molar-refractivity contribution >= 4 is 22.6 Å². The summed E-state index contributed by atoms with van der Waals surface area (Å²) < 4.78 is 15.2. The van der Waals surface area contributed by atoms with Gasteiger partial charge in [-0.25, -0.2) is 14.2 Å². The quantitative estimate of drug-likeness (QED) is 0.414. The van der Waals surface area contributed by atoms with Crippen LogP contribution in [0.15, 0.2) is 71.5 Å². The van der Waals surface area contributed by atoms with Crippen LogP contribution in [0.2, 0.25) is 0 Å². The molecule has 0 fully saturated rings. The molecule has 3 aromatic carbocycles. The number of benzene rings is 3. The molecule has 174 valence electrons. The van der Waals surface area contributed by atoms with E-state index in [4.69, 9.17) is 4.98 Å². The molecule has 0 saturated carbocycles. The van der Waals surface area contributed by atoms with E-state index >= 15 is 0 Å². The second-order valence-corrected chi connectivity index (χ2v) is 8.32. The molecule has 0 aliphatic rings. The minimum absolute atomic E-state index is 0.194. The molecule has 6 nitrogen and oxygen atoms in total. The molecule has 1 heterocycles. The van der Waals surface area contributed by atoms with Crippen molar-refractivity contribution in [1.29, 1.82) is 0 Å². The smallest absolute Gasteiger partial charge is 0.315 e. The molecule has 1 N–H and O–H groups in total. The highest BCUT2D eigenvalue weighted by Gasteiger charge is 2.26. The number of fused-ring (bicyclic) bond motifs is 1. The molecule has 1 unspecified atom stereocenters. The van der Waals surface area contributed by atoms with Crippen molar-refractivity contribution in [3.05, 3.63) is 99.9 Å². The van der Waals surface area contributed by atoms with Crippen LogP contribution in [0, 0.1) is 19.7 Å². The lowest BCUT2D eigenvalue weighted by Gasteiger charge is -2.30. The van der Waals surface area contributed by atoms with E-state index in [2.05, 4.69) is 5.32 Å². The molecule has 4 aromatic rings. The number of amides is 2. The predicted octanol–water partition coefficient (Wildman–Crippen LogP) is 5.76. The first-order chi connectivity index (χ1) is 16.3. The van der Waals surface area contributed by atoms with Crippen LogP contribution in [-0.4, -0.2) is 27.0 Å². The van der Waals surface area contributed by atoms with Crippen molar-refractivity contribution in [3.8, 4) is 5.69 Å². The first kappa shape index (κ1) is 23.2. The molecule has 1 atom stereocenters. The third-order valence-corrected chi connectivity index (χ3v) is 5.91. The summed E-state index contributed by atoms with van der Waals surface area (Å²) >= 11 is 0. The Hall–Kier alpha value is -4.00. The van der Waals surface area contributed by atoms with Crippen LogP contribution in [-0.2, 0) is 0 Å². The average molecular weight is 459 g/mol. The maximum absolute atomic E-state index is 13.7. The van der Waals surface area contributed by atoms with Gasteiger partial charge in [-0.1, -0.05) is 35.9 Å². The molecule has 0 radical (unpaired) electrons. The van der Waals surface area contributed by atoms with E-state index in [-0.39, 0.29) is 5.56 Å². The van der Waals surface area contributed by atoms with Crippen molar-refractivity contribution in [3.63, 3.8) is 0 Å². The van der Waals surface area contributed by atoms with Gasteiger partial charge in [0, 0.05) is 12.2 Å². The van der Waals surface area contributed by atoms with Gasteiger partial charge in [0.2, 0.25) is 0 Å². The van der Waals surface area contributed by atoms with Crippen LogP contribution in [0.3, 0.4) is 0 Å². The molecule has 1 aromatic heterocycles. The van der Waals surface area contributed by atoms with Gasteiger partial charge in [0.15, 0.2) is 0 Å². The lowest BCUT2D eigenvalue weighted by Crippen LogP contribution is -2.39. The van der Waals surface area contributed by atoms with Crippen molar-refractivity contribution in [2.75, 3.05) is 11.9 Å². The van der Waals surface area contributed by atoms with Gasteiger partial charge < -0.3 is 10.2 Å². The summed E-state index contributed by atoms with van der Waals surface area (Å²) in [4.78, 5) is 33.2. The molecule has 34 heavy (non-hydrogen) atoms. The van der Waals surface area contributed by atoms with Gasteiger partial charge in [-0.2, -0.15) is 0 Å². The summed E-state index contributed by atoms with van der Waals surface area (Å²) in [6, 6.07) is 17.8. The first-order valence-electron chi connectivity index (χ1n) is 11.2. The van der Waals surface area contributed by atoms with Crippen molar-refractivity contribution < 1.29 is 9.18 Å². The van der Waals surface area contributed by atoms with Crippen LogP contribution in [0.25, 0.3) is 16.6 Å². The highest BCUT2D eigenvalue weighted by molar-refractivity contribution is 5.89. The Kier molecular flexibility index (Phi) is 6.45.